The van der Waals surface area contributed by atoms with Crippen LogP contribution >= 0.6 is 11.6 Å². The van der Waals surface area contributed by atoms with Gasteiger partial charge in [-0.2, -0.15) is 0 Å². The first kappa shape index (κ1) is 13.8. The number of carbonyl (C=O) groups excluding carboxylic acids is 1. The maximum atomic E-state index is 12.6. The van der Waals surface area contributed by atoms with E-state index in [0.29, 0.717) is 10.6 Å². The summed E-state index contributed by atoms with van der Waals surface area (Å²) >= 11 is 5.95. The zero-order chi connectivity index (χ0) is 14.0. The summed E-state index contributed by atoms with van der Waals surface area (Å²) in [5, 5.41) is 0.582. The minimum Gasteiger partial charge on any atom is -0.289 e. The Hall–Kier alpha value is -1.60. The Kier molecular flexibility index (Phi) is 3.77. The third-order valence-corrected chi connectivity index (χ3v) is 3.30. The predicted octanol–water partition coefficient (Wildman–Crippen LogP) is 4.87. The highest BCUT2D eigenvalue weighted by Gasteiger charge is 2.21. The van der Waals surface area contributed by atoms with Crippen LogP contribution in [0.1, 0.15) is 42.3 Å². The van der Waals surface area contributed by atoms with E-state index < -0.39 is 0 Å². The van der Waals surface area contributed by atoms with E-state index in [9.17, 15) is 4.79 Å². The first-order valence-electron chi connectivity index (χ1n) is 6.29. The number of hydrogen-bond donors (Lipinski definition) is 0. The van der Waals surface area contributed by atoms with Gasteiger partial charge in [-0.1, -0.05) is 68.8 Å². The molecule has 0 heterocycles. The van der Waals surface area contributed by atoms with Gasteiger partial charge < -0.3 is 0 Å². The summed E-state index contributed by atoms with van der Waals surface area (Å²) in [5.41, 5.74) is 2.37. The maximum Gasteiger partial charge on any atom is 0.193 e. The van der Waals surface area contributed by atoms with E-state index in [0.717, 1.165) is 11.1 Å². The highest BCUT2D eigenvalue weighted by Crippen LogP contribution is 2.27. The fourth-order valence-electron chi connectivity index (χ4n) is 2.12. The number of halogens is 1. The van der Waals surface area contributed by atoms with Crippen molar-refractivity contribution in [3.8, 4) is 0 Å². The molecule has 0 aromatic heterocycles. The lowest BCUT2D eigenvalue weighted by atomic mass is 9.82. The molecule has 1 nitrogen and oxygen atoms in total. The van der Waals surface area contributed by atoms with Gasteiger partial charge in [-0.25, -0.2) is 0 Å². The Labute approximate surface area is 119 Å². The van der Waals surface area contributed by atoms with Crippen LogP contribution in [0.15, 0.2) is 48.5 Å². The van der Waals surface area contributed by atoms with Crippen molar-refractivity contribution in [1.29, 1.82) is 0 Å². The third kappa shape index (κ3) is 3.05. The maximum absolute atomic E-state index is 12.6. The summed E-state index contributed by atoms with van der Waals surface area (Å²) in [4.78, 5) is 12.6. The van der Waals surface area contributed by atoms with Gasteiger partial charge in [-0.05, 0) is 23.1 Å². The van der Waals surface area contributed by atoms with Crippen molar-refractivity contribution in [2.75, 3.05) is 0 Å². The first-order chi connectivity index (χ1) is 8.89. The molecule has 0 bridgehead atoms. The second kappa shape index (κ2) is 5.18. The van der Waals surface area contributed by atoms with Gasteiger partial charge in [0.15, 0.2) is 5.78 Å². The largest absolute Gasteiger partial charge is 0.289 e. The van der Waals surface area contributed by atoms with Crippen LogP contribution in [0.3, 0.4) is 0 Å². The van der Waals surface area contributed by atoms with E-state index in [2.05, 4.69) is 20.8 Å². The van der Waals surface area contributed by atoms with Crippen LogP contribution in [0.5, 0.6) is 0 Å². The molecule has 2 rings (SSSR count). The highest BCUT2D eigenvalue weighted by atomic mass is 35.5. The second-order valence-corrected chi connectivity index (χ2v) is 6.07. The molecule has 2 heteroatoms. The van der Waals surface area contributed by atoms with Gasteiger partial charge in [0.1, 0.15) is 0 Å². The van der Waals surface area contributed by atoms with Gasteiger partial charge in [-0.15, -0.1) is 0 Å². The van der Waals surface area contributed by atoms with Crippen LogP contribution in [-0.2, 0) is 5.41 Å². The van der Waals surface area contributed by atoms with Crippen molar-refractivity contribution in [3.05, 3.63) is 70.2 Å². The lowest BCUT2D eigenvalue weighted by Gasteiger charge is -2.22. The van der Waals surface area contributed by atoms with E-state index in [1.54, 1.807) is 24.3 Å². The molecular weight excluding hydrogens is 256 g/mol. The number of carbonyl (C=O) groups is 1. The number of benzene rings is 2. The fourth-order valence-corrected chi connectivity index (χ4v) is 2.31. The van der Waals surface area contributed by atoms with Crippen molar-refractivity contribution in [2.24, 2.45) is 0 Å². The first-order valence-corrected chi connectivity index (χ1v) is 6.67. The van der Waals surface area contributed by atoms with Gasteiger partial charge in [-0.3, -0.25) is 4.79 Å². The van der Waals surface area contributed by atoms with Crippen molar-refractivity contribution in [3.63, 3.8) is 0 Å². The molecule has 0 fully saturated rings. The average Bonchev–Trinajstić information content (AvgIpc) is 2.37. The number of ketones is 1. The quantitative estimate of drug-likeness (QED) is 0.713. The molecule has 0 aliphatic heterocycles. The molecule has 0 aliphatic rings. The Balaban J connectivity index is 2.51. The Bertz CT molecular complexity index is 609. The zero-order valence-electron chi connectivity index (χ0n) is 11.4. The lowest BCUT2D eigenvalue weighted by molar-refractivity contribution is 0.103. The molecule has 0 saturated heterocycles. The van der Waals surface area contributed by atoms with E-state index in [-0.39, 0.29) is 11.2 Å². The van der Waals surface area contributed by atoms with Crippen molar-refractivity contribution in [1.82, 2.24) is 0 Å². The minimum absolute atomic E-state index is 0.0213. The fraction of sp³-hybridized carbons (Fsp3) is 0.235. The van der Waals surface area contributed by atoms with Crippen LogP contribution in [-0.4, -0.2) is 5.78 Å². The molecule has 0 saturated carbocycles. The summed E-state index contributed by atoms with van der Waals surface area (Å²) in [7, 11) is 0. The molecule has 0 spiro atoms. The van der Waals surface area contributed by atoms with Crippen molar-refractivity contribution < 1.29 is 4.79 Å². The third-order valence-electron chi connectivity index (χ3n) is 3.07. The minimum atomic E-state index is -0.0647. The van der Waals surface area contributed by atoms with Crippen molar-refractivity contribution >= 4 is 17.4 Å². The molecule has 2 aromatic rings. The molecule has 19 heavy (non-hydrogen) atoms. The van der Waals surface area contributed by atoms with Gasteiger partial charge in [0, 0.05) is 16.1 Å². The monoisotopic (exact) mass is 272 g/mol. The van der Waals surface area contributed by atoms with Gasteiger partial charge in [0.2, 0.25) is 0 Å². The molecule has 0 amide bonds. The Morgan fingerprint density at radius 2 is 1.68 bits per heavy atom. The van der Waals surface area contributed by atoms with Gasteiger partial charge in [0.25, 0.3) is 0 Å². The van der Waals surface area contributed by atoms with E-state index in [4.69, 9.17) is 11.6 Å². The van der Waals surface area contributed by atoms with E-state index in [1.165, 1.54) is 0 Å². The topological polar surface area (TPSA) is 17.1 Å². The standard InChI is InChI=1S/C17H17ClO/c1-17(2,3)15-10-5-4-9-14(15)16(19)12-7-6-8-13(18)11-12/h4-11H,1-3H3. The molecule has 0 unspecified atom stereocenters. The zero-order valence-corrected chi connectivity index (χ0v) is 12.2. The molecule has 2 aromatic carbocycles. The van der Waals surface area contributed by atoms with Crippen LogP contribution in [0, 0.1) is 0 Å². The molecule has 0 N–H and O–H groups in total. The highest BCUT2D eigenvalue weighted by molar-refractivity contribution is 6.31. The SMILES string of the molecule is CC(C)(C)c1ccccc1C(=O)c1cccc(Cl)c1. The van der Waals surface area contributed by atoms with Crippen LogP contribution in [0.4, 0.5) is 0 Å². The lowest BCUT2D eigenvalue weighted by Crippen LogP contribution is -2.17. The summed E-state index contributed by atoms with van der Waals surface area (Å²) < 4.78 is 0. The van der Waals surface area contributed by atoms with Gasteiger partial charge >= 0.3 is 0 Å². The van der Waals surface area contributed by atoms with E-state index >= 15 is 0 Å². The molecule has 98 valence electrons. The van der Waals surface area contributed by atoms with E-state index in [1.807, 2.05) is 24.3 Å². The van der Waals surface area contributed by atoms with Crippen LogP contribution in [0.2, 0.25) is 5.02 Å². The van der Waals surface area contributed by atoms with Crippen LogP contribution < -0.4 is 0 Å². The number of hydrogen-bond acceptors (Lipinski definition) is 1. The molecule has 0 aliphatic carbocycles. The van der Waals surface area contributed by atoms with Crippen molar-refractivity contribution in [2.45, 2.75) is 26.2 Å². The summed E-state index contributed by atoms with van der Waals surface area (Å²) in [6.45, 7) is 6.32. The summed E-state index contributed by atoms with van der Waals surface area (Å²) in [6.07, 6.45) is 0. The molecule has 0 atom stereocenters. The Morgan fingerprint density at radius 1 is 1.00 bits per heavy atom. The van der Waals surface area contributed by atoms with Gasteiger partial charge in [0.05, 0.1) is 0 Å². The molecular formula is C17H17ClO. The molecule has 0 radical (unpaired) electrons. The summed E-state index contributed by atoms with van der Waals surface area (Å²) in [5.74, 6) is 0.0213. The Morgan fingerprint density at radius 3 is 2.32 bits per heavy atom. The summed E-state index contributed by atoms with van der Waals surface area (Å²) in [6, 6.07) is 14.8. The second-order valence-electron chi connectivity index (χ2n) is 5.64. The number of rotatable bonds is 2. The smallest absolute Gasteiger partial charge is 0.193 e. The van der Waals surface area contributed by atoms with Crippen LogP contribution in [0.25, 0.3) is 0 Å². The normalized spacial score (nSPS) is 11.4. The predicted molar refractivity (Wildman–Crippen MR) is 80.0 cm³/mol. The average molecular weight is 273 g/mol.